The van der Waals surface area contributed by atoms with E-state index in [1.165, 1.54) is 5.56 Å². The van der Waals surface area contributed by atoms with Crippen LogP contribution in [-0.4, -0.2) is 36.1 Å². The van der Waals surface area contributed by atoms with E-state index < -0.39 is 0 Å². The first kappa shape index (κ1) is 14.9. The minimum absolute atomic E-state index is 0.0853. The summed E-state index contributed by atoms with van der Waals surface area (Å²) >= 11 is 1.78. The zero-order valence-electron chi connectivity index (χ0n) is 11.7. The molecule has 20 heavy (non-hydrogen) atoms. The maximum Gasteiger partial charge on any atom is 0.239 e. The quantitative estimate of drug-likeness (QED) is 0.869. The summed E-state index contributed by atoms with van der Waals surface area (Å²) in [6.07, 6.45) is 3.51. The Kier molecular flexibility index (Phi) is 5.47. The predicted molar refractivity (Wildman–Crippen MR) is 81.3 cm³/mol. The van der Waals surface area contributed by atoms with Gasteiger partial charge in [0.2, 0.25) is 11.8 Å². The molecule has 2 rings (SSSR count). The van der Waals surface area contributed by atoms with Crippen LogP contribution in [-0.2, 0) is 21.9 Å². The minimum Gasteiger partial charge on any atom is -0.350 e. The molecular weight excluding hydrogens is 272 g/mol. The van der Waals surface area contributed by atoms with Gasteiger partial charge in [-0.2, -0.15) is 11.8 Å². The molecule has 1 saturated heterocycles. The molecular formula is C15H20N2O2S. The largest absolute Gasteiger partial charge is 0.350 e. The van der Waals surface area contributed by atoms with Crippen LogP contribution < -0.4 is 5.32 Å². The zero-order chi connectivity index (χ0) is 14.4. The first-order chi connectivity index (χ1) is 9.69. The molecule has 1 aromatic rings. The Morgan fingerprint density at radius 1 is 1.40 bits per heavy atom. The summed E-state index contributed by atoms with van der Waals surface area (Å²) in [4.78, 5) is 24.9. The van der Waals surface area contributed by atoms with Crippen LogP contribution in [0.3, 0.4) is 0 Å². The van der Waals surface area contributed by atoms with Gasteiger partial charge in [-0.3, -0.25) is 9.59 Å². The van der Waals surface area contributed by atoms with Gasteiger partial charge in [0.15, 0.2) is 0 Å². The smallest absolute Gasteiger partial charge is 0.239 e. The van der Waals surface area contributed by atoms with Crippen molar-refractivity contribution in [2.75, 3.05) is 19.3 Å². The van der Waals surface area contributed by atoms with Gasteiger partial charge in [0.25, 0.3) is 0 Å². The molecule has 0 radical (unpaired) electrons. The van der Waals surface area contributed by atoms with Crippen molar-refractivity contribution in [1.82, 2.24) is 10.2 Å². The number of hydrogen-bond donors (Lipinski definition) is 1. The highest BCUT2D eigenvalue weighted by atomic mass is 32.2. The van der Waals surface area contributed by atoms with Crippen molar-refractivity contribution in [3.8, 4) is 0 Å². The van der Waals surface area contributed by atoms with E-state index >= 15 is 0 Å². The van der Waals surface area contributed by atoms with Crippen molar-refractivity contribution in [1.29, 1.82) is 0 Å². The van der Waals surface area contributed by atoms with Crippen LogP contribution >= 0.6 is 11.8 Å². The number of carbonyl (C=O) groups excluding carboxylic acids is 2. The molecule has 0 atom stereocenters. The van der Waals surface area contributed by atoms with Gasteiger partial charge in [-0.05, 0) is 23.8 Å². The Morgan fingerprint density at radius 2 is 2.20 bits per heavy atom. The van der Waals surface area contributed by atoms with Crippen LogP contribution in [0, 0.1) is 0 Å². The molecule has 0 spiro atoms. The first-order valence-electron chi connectivity index (χ1n) is 6.80. The third-order valence-electron chi connectivity index (χ3n) is 3.30. The summed E-state index contributed by atoms with van der Waals surface area (Å²) in [5.41, 5.74) is 2.36. The number of thioether (sulfide) groups is 1. The molecule has 0 saturated carbocycles. The maximum absolute atomic E-state index is 11.8. The van der Waals surface area contributed by atoms with Crippen LogP contribution in [0.25, 0.3) is 0 Å². The normalized spacial score (nSPS) is 14.7. The fraction of sp³-hybridized carbons (Fsp3) is 0.467. The van der Waals surface area contributed by atoms with E-state index in [4.69, 9.17) is 0 Å². The van der Waals surface area contributed by atoms with E-state index in [0.29, 0.717) is 19.5 Å². The summed E-state index contributed by atoms with van der Waals surface area (Å²) in [5.74, 6) is 0.974. The van der Waals surface area contributed by atoms with Crippen LogP contribution in [0.4, 0.5) is 0 Å². The lowest BCUT2D eigenvalue weighted by Gasteiger charge is -2.15. The van der Waals surface area contributed by atoms with Gasteiger partial charge in [0, 0.05) is 25.3 Å². The van der Waals surface area contributed by atoms with Gasteiger partial charge in [0.05, 0.1) is 6.54 Å². The topological polar surface area (TPSA) is 49.4 Å². The molecule has 5 heteroatoms. The lowest BCUT2D eigenvalue weighted by atomic mass is 10.1. The highest BCUT2D eigenvalue weighted by Crippen LogP contribution is 2.11. The second-order valence-electron chi connectivity index (χ2n) is 4.95. The van der Waals surface area contributed by atoms with Crippen molar-refractivity contribution < 1.29 is 9.59 Å². The molecule has 1 fully saturated rings. The molecule has 0 aliphatic carbocycles. The molecule has 0 aromatic heterocycles. The summed E-state index contributed by atoms with van der Waals surface area (Å²) in [6, 6.07) is 8.21. The Hall–Kier alpha value is -1.49. The first-order valence-corrected chi connectivity index (χ1v) is 8.19. The predicted octanol–water partition coefficient (Wildman–Crippen LogP) is 1.79. The molecule has 1 aliphatic heterocycles. The summed E-state index contributed by atoms with van der Waals surface area (Å²) in [6.45, 7) is 1.40. The van der Waals surface area contributed by atoms with Crippen molar-refractivity contribution in [3.05, 3.63) is 35.4 Å². The third kappa shape index (κ3) is 4.27. The number of likely N-dealkylation sites (tertiary alicyclic amines) is 1. The van der Waals surface area contributed by atoms with Gasteiger partial charge in [-0.25, -0.2) is 0 Å². The van der Waals surface area contributed by atoms with Gasteiger partial charge in [0.1, 0.15) is 0 Å². The van der Waals surface area contributed by atoms with Crippen molar-refractivity contribution in [2.45, 2.75) is 25.1 Å². The Morgan fingerprint density at radius 3 is 2.90 bits per heavy atom. The second kappa shape index (κ2) is 7.33. The molecule has 1 heterocycles. The van der Waals surface area contributed by atoms with Gasteiger partial charge in [-0.15, -0.1) is 0 Å². The third-order valence-corrected chi connectivity index (χ3v) is 3.92. The van der Waals surface area contributed by atoms with Crippen LogP contribution in [0.15, 0.2) is 24.3 Å². The Labute approximate surface area is 123 Å². The molecule has 4 nitrogen and oxygen atoms in total. The average Bonchev–Trinajstić information content (AvgIpc) is 2.83. The molecule has 0 bridgehead atoms. The molecule has 108 valence electrons. The number of hydrogen-bond acceptors (Lipinski definition) is 3. The summed E-state index contributed by atoms with van der Waals surface area (Å²) < 4.78 is 0. The molecule has 1 aliphatic rings. The number of nitrogens with zero attached hydrogens (tertiary/aromatic N) is 1. The average molecular weight is 292 g/mol. The van der Waals surface area contributed by atoms with E-state index in [9.17, 15) is 9.59 Å². The fourth-order valence-corrected chi connectivity index (χ4v) is 2.81. The van der Waals surface area contributed by atoms with E-state index in [0.717, 1.165) is 17.7 Å². The molecule has 0 unspecified atom stereocenters. The highest BCUT2D eigenvalue weighted by Gasteiger charge is 2.21. The SMILES string of the molecule is CSCc1cccc(CNC(=O)CN2CCCC2=O)c1. The van der Waals surface area contributed by atoms with E-state index in [1.54, 1.807) is 16.7 Å². The zero-order valence-corrected chi connectivity index (χ0v) is 12.5. The highest BCUT2D eigenvalue weighted by molar-refractivity contribution is 7.97. The number of carbonyl (C=O) groups is 2. The molecule has 2 amide bonds. The number of nitrogens with one attached hydrogen (secondary N) is 1. The monoisotopic (exact) mass is 292 g/mol. The van der Waals surface area contributed by atoms with Gasteiger partial charge >= 0.3 is 0 Å². The van der Waals surface area contributed by atoms with Crippen molar-refractivity contribution >= 4 is 23.6 Å². The van der Waals surface area contributed by atoms with Crippen LogP contribution in [0.2, 0.25) is 0 Å². The van der Waals surface area contributed by atoms with Gasteiger partial charge in [-0.1, -0.05) is 24.3 Å². The fourth-order valence-electron chi connectivity index (χ4n) is 2.30. The Balaban J connectivity index is 1.80. The standard InChI is InChI=1S/C15H20N2O2S/c1-20-11-13-5-2-4-12(8-13)9-16-14(18)10-17-7-3-6-15(17)19/h2,4-5,8H,3,6-7,9-11H2,1H3,(H,16,18). The summed E-state index contributed by atoms with van der Waals surface area (Å²) in [7, 11) is 0. The van der Waals surface area contributed by atoms with E-state index in [-0.39, 0.29) is 18.4 Å². The van der Waals surface area contributed by atoms with Crippen molar-refractivity contribution in [2.24, 2.45) is 0 Å². The summed E-state index contributed by atoms with van der Waals surface area (Å²) in [5, 5.41) is 2.88. The number of rotatable bonds is 6. The van der Waals surface area contributed by atoms with E-state index in [2.05, 4.69) is 23.7 Å². The minimum atomic E-state index is -0.0875. The maximum atomic E-state index is 11.8. The lowest BCUT2D eigenvalue weighted by molar-refractivity contribution is -0.133. The van der Waals surface area contributed by atoms with Crippen LogP contribution in [0.1, 0.15) is 24.0 Å². The number of benzene rings is 1. The van der Waals surface area contributed by atoms with Gasteiger partial charge < -0.3 is 10.2 Å². The lowest BCUT2D eigenvalue weighted by Crippen LogP contribution is -2.37. The van der Waals surface area contributed by atoms with Crippen LogP contribution in [0.5, 0.6) is 0 Å². The van der Waals surface area contributed by atoms with E-state index in [1.807, 2.05) is 12.1 Å². The Bertz CT molecular complexity index is 491. The molecule has 1 aromatic carbocycles. The molecule has 1 N–H and O–H groups in total. The van der Waals surface area contributed by atoms with Crippen molar-refractivity contribution in [3.63, 3.8) is 0 Å². The second-order valence-corrected chi connectivity index (χ2v) is 5.81. The number of amides is 2.